The van der Waals surface area contributed by atoms with Crippen molar-refractivity contribution >= 4 is 34.8 Å². The Morgan fingerprint density at radius 1 is 0.897 bits per heavy atom. The largest absolute Gasteiger partial charge is 0.352 e. The molecule has 0 spiro atoms. The van der Waals surface area contributed by atoms with E-state index in [4.69, 9.17) is 11.6 Å². The predicted octanol–water partition coefficient (Wildman–Crippen LogP) is 4.14. The van der Waals surface area contributed by atoms with Gasteiger partial charge in [0.1, 0.15) is 0 Å². The molecule has 0 aliphatic carbocycles. The molecule has 2 aromatic carbocycles. The van der Waals surface area contributed by atoms with Crippen molar-refractivity contribution in [3.63, 3.8) is 0 Å². The number of rotatable bonds is 4. The first-order chi connectivity index (χ1) is 14.1. The fourth-order valence-corrected chi connectivity index (χ4v) is 3.38. The van der Waals surface area contributed by atoms with E-state index in [-0.39, 0.29) is 5.91 Å². The van der Waals surface area contributed by atoms with Crippen molar-refractivity contribution in [3.05, 3.63) is 76.8 Å². The number of carbonyl (C=O) groups excluding carboxylic acids is 1. The minimum Gasteiger partial charge on any atom is -0.352 e. The van der Waals surface area contributed by atoms with Crippen LogP contribution in [-0.4, -0.2) is 47.2 Å². The van der Waals surface area contributed by atoms with Crippen LogP contribution in [-0.2, 0) is 0 Å². The zero-order chi connectivity index (χ0) is 20.2. The molecule has 2 heterocycles. The second kappa shape index (κ2) is 8.49. The minimum absolute atomic E-state index is 0.0325. The molecule has 0 saturated carbocycles. The fraction of sp³-hybridized carbons (Fsp3) is 0.227. The van der Waals surface area contributed by atoms with Crippen LogP contribution < -0.4 is 10.2 Å². The Bertz CT molecular complexity index is 966. The van der Waals surface area contributed by atoms with Crippen molar-refractivity contribution in [3.8, 4) is 0 Å². The van der Waals surface area contributed by atoms with Gasteiger partial charge in [-0.25, -0.2) is 0 Å². The summed E-state index contributed by atoms with van der Waals surface area (Å²) < 4.78 is 0. The maximum atomic E-state index is 12.6. The number of hydrogen-bond acceptors (Lipinski definition) is 5. The fourth-order valence-electron chi connectivity index (χ4n) is 3.26. The van der Waals surface area contributed by atoms with Gasteiger partial charge in [-0.15, -0.1) is 10.2 Å². The monoisotopic (exact) mass is 407 g/mol. The van der Waals surface area contributed by atoms with Crippen molar-refractivity contribution in [1.82, 2.24) is 15.1 Å². The van der Waals surface area contributed by atoms with E-state index in [1.807, 2.05) is 29.2 Å². The number of halogens is 1. The molecule has 148 valence electrons. The maximum Gasteiger partial charge on any atom is 0.253 e. The summed E-state index contributed by atoms with van der Waals surface area (Å²) in [6.45, 7) is 4.79. The summed E-state index contributed by atoms with van der Waals surface area (Å²) in [7, 11) is 0. The highest BCUT2D eigenvalue weighted by Crippen LogP contribution is 2.19. The van der Waals surface area contributed by atoms with E-state index in [9.17, 15) is 4.79 Å². The lowest BCUT2D eigenvalue weighted by Crippen LogP contribution is -2.49. The first kappa shape index (κ1) is 19.2. The Hall–Kier alpha value is -3.12. The minimum atomic E-state index is 0.0325. The van der Waals surface area contributed by atoms with Crippen molar-refractivity contribution < 1.29 is 4.79 Å². The molecule has 1 saturated heterocycles. The number of nitrogens with one attached hydrogen (secondary N) is 1. The number of aryl methyl sites for hydroxylation is 1. The normalized spacial score (nSPS) is 14.0. The van der Waals surface area contributed by atoms with Gasteiger partial charge in [-0.1, -0.05) is 29.3 Å². The highest BCUT2D eigenvalue weighted by molar-refractivity contribution is 6.30. The lowest BCUT2D eigenvalue weighted by molar-refractivity contribution is 0.0746. The van der Waals surface area contributed by atoms with E-state index in [0.29, 0.717) is 29.5 Å². The van der Waals surface area contributed by atoms with Crippen molar-refractivity contribution in [2.24, 2.45) is 0 Å². The van der Waals surface area contributed by atoms with E-state index in [0.717, 1.165) is 24.6 Å². The Kier molecular flexibility index (Phi) is 5.62. The third-order valence-electron chi connectivity index (χ3n) is 4.96. The van der Waals surface area contributed by atoms with E-state index in [1.165, 1.54) is 5.56 Å². The van der Waals surface area contributed by atoms with Crippen molar-refractivity contribution in [1.29, 1.82) is 0 Å². The predicted molar refractivity (Wildman–Crippen MR) is 116 cm³/mol. The van der Waals surface area contributed by atoms with Gasteiger partial charge < -0.3 is 15.1 Å². The van der Waals surface area contributed by atoms with Crippen molar-refractivity contribution in [2.75, 3.05) is 36.4 Å². The van der Waals surface area contributed by atoms with Crippen LogP contribution in [0.3, 0.4) is 0 Å². The topological polar surface area (TPSA) is 61.4 Å². The van der Waals surface area contributed by atoms with Crippen LogP contribution in [0.2, 0.25) is 5.02 Å². The molecule has 29 heavy (non-hydrogen) atoms. The average molecular weight is 408 g/mol. The van der Waals surface area contributed by atoms with Crippen LogP contribution >= 0.6 is 11.6 Å². The second-order valence-corrected chi connectivity index (χ2v) is 7.49. The number of carbonyl (C=O) groups is 1. The summed E-state index contributed by atoms with van der Waals surface area (Å²) in [5.41, 5.74) is 2.85. The van der Waals surface area contributed by atoms with Gasteiger partial charge in [0, 0.05) is 42.5 Å². The smallest absolute Gasteiger partial charge is 0.253 e. The van der Waals surface area contributed by atoms with E-state index in [1.54, 1.807) is 24.3 Å². The highest BCUT2D eigenvalue weighted by atomic mass is 35.5. The number of anilines is 3. The van der Waals surface area contributed by atoms with Gasteiger partial charge in [0.2, 0.25) is 0 Å². The molecule has 1 aromatic heterocycles. The van der Waals surface area contributed by atoms with E-state index in [2.05, 4.69) is 39.5 Å². The van der Waals surface area contributed by atoms with Crippen LogP contribution in [0.4, 0.5) is 17.3 Å². The van der Waals surface area contributed by atoms with Crippen molar-refractivity contribution in [2.45, 2.75) is 6.92 Å². The van der Waals surface area contributed by atoms with Gasteiger partial charge >= 0.3 is 0 Å². The number of hydrogen-bond donors (Lipinski definition) is 1. The first-order valence-corrected chi connectivity index (χ1v) is 9.93. The number of piperazine rings is 1. The number of amides is 1. The maximum absolute atomic E-state index is 12.6. The molecule has 0 atom stereocenters. The summed E-state index contributed by atoms with van der Waals surface area (Å²) in [6, 6.07) is 19.0. The van der Waals surface area contributed by atoms with Crippen LogP contribution in [0, 0.1) is 6.92 Å². The van der Waals surface area contributed by atoms with Gasteiger partial charge in [0.15, 0.2) is 11.6 Å². The molecule has 3 aromatic rings. The molecule has 0 radical (unpaired) electrons. The molecule has 1 fully saturated rings. The van der Waals surface area contributed by atoms with Gasteiger partial charge in [-0.05, 0) is 55.5 Å². The summed E-state index contributed by atoms with van der Waals surface area (Å²) in [6.07, 6.45) is 0. The number of benzene rings is 2. The lowest BCUT2D eigenvalue weighted by atomic mass is 10.2. The molecule has 1 N–H and O–H groups in total. The Labute approximate surface area is 175 Å². The molecule has 1 aliphatic heterocycles. The zero-order valence-electron chi connectivity index (χ0n) is 16.2. The Morgan fingerprint density at radius 2 is 1.59 bits per heavy atom. The molecular formula is C22H22ClN5O. The molecule has 1 aliphatic rings. The summed E-state index contributed by atoms with van der Waals surface area (Å²) in [4.78, 5) is 16.6. The summed E-state index contributed by atoms with van der Waals surface area (Å²) in [5, 5.41) is 12.5. The second-order valence-electron chi connectivity index (χ2n) is 7.05. The van der Waals surface area contributed by atoms with E-state index >= 15 is 0 Å². The van der Waals surface area contributed by atoms with Crippen LogP contribution in [0.15, 0.2) is 60.7 Å². The first-order valence-electron chi connectivity index (χ1n) is 9.56. The van der Waals surface area contributed by atoms with Gasteiger partial charge in [-0.3, -0.25) is 4.79 Å². The molecule has 4 rings (SSSR count). The van der Waals surface area contributed by atoms with Gasteiger partial charge in [-0.2, -0.15) is 0 Å². The lowest BCUT2D eigenvalue weighted by Gasteiger charge is -2.35. The third kappa shape index (κ3) is 4.66. The highest BCUT2D eigenvalue weighted by Gasteiger charge is 2.23. The Morgan fingerprint density at radius 3 is 2.21 bits per heavy atom. The SMILES string of the molecule is Cc1ccc(Nc2ccc(N3CCN(C(=O)c4ccc(Cl)cc4)CC3)nn2)cc1. The molecule has 1 amide bonds. The van der Waals surface area contributed by atoms with Crippen LogP contribution in [0.25, 0.3) is 0 Å². The quantitative estimate of drug-likeness (QED) is 0.704. The molecule has 0 unspecified atom stereocenters. The zero-order valence-corrected chi connectivity index (χ0v) is 16.9. The molecule has 6 nitrogen and oxygen atoms in total. The molecule has 7 heteroatoms. The number of nitrogens with zero attached hydrogens (tertiary/aromatic N) is 4. The van der Waals surface area contributed by atoms with Crippen LogP contribution in [0.1, 0.15) is 15.9 Å². The summed E-state index contributed by atoms with van der Waals surface area (Å²) >= 11 is 5.90. The molecular weight excluding hydrogens is 386 g/mol. The third-order valence-corrected chi connectivity index (χ3v) is 5.21. The Balaban J connectivity index is 1.34. The molecule has 0 bridgehead atoms. The standard InChI is InChI=1S/C22H22ClN5O/c1-16-2-8-19(9-3-16)24-20-10-11-21(26-25-20)27-12-14-28(15-13-27)22(29)17-4-6-18(23)7-5-17/h2-11H,12-15H2,1H3,(H,24,25). The average Bonchev–Trinajstić information content (AvgIpc) is 2.76. The van der Waals surface area contributed by atoms with Crippen LogP contribution in [0.5, 0.6) is 0 Å². The van der Waals surface area contributed by atoms with Gasteiger partial charge in [0.25, 0.3) is 5.91 Å². The number of aromatic nitrogens is 2. The van der Waals surface area contributed by atoms with Gasteiger partial charge in [0.05, 0.1) is 0 Å². The summed E-state index contributed by atoms with van der Waals surface area (Å²) in [5.74, 6) is 1.55. The van der Waals surface area contributed by atoms with E-state index < -0.39 is 0 Å².